The van der Waals surface area contributed by atoms with Crippen molar-refractivity contribution >= 4 is 23.9 Å². The van der Waals surface area contributed by atoms with E-state index in [4.69, 9.17) is 21.1 Å². The topological polar surface area (TPSA) is 182 Å². The van der Waals surface area contributed by atoms with Gasteiger partial charge in [0.15, 0.2) is 5.66 Å². The standard InChI is InChI=1S/C16H21N3O8/c17-16(15(26)27,11-4-2-1-3-5-11)19(10-14(24)25)7-6-18(8-12(20)21)9-13(22)23/h1-5H,6-10,17H2,(H,20,21)(H,22,23)(H,24,25)(H,26,27). The Balaban J connectivity index is 3.14. The highest BCUT2D eigenvalue weighted by Crippen LogP contribution is 2.23. The SMILES string of the molecule is NC(C(=O)O)(c1ccccc1)N(CCN(CC(=O)O)CC(=O)O)CC(=O)O. The summed E-state index contributed by atoms with van der Waals surface area (Å²) in [6, 6.07) is 7.57. The van der Waals surface area contributed by atoms with Gasteiger partial charge < -0.3 is 20.4 Å². The summed E-state index contributed by atoms with van der Waals surface area (Å²) < 4.78 is 0. The molecule has 11 heteroatoms. The molecule has 1 rings (SSSR count). The van der Waals surface area contributed by atoms with Crippen LogP contribution in [0.5, 0.6) is 0 Å². The van der Waals surface area contributed by atoms with Gasteiger partial charge in [-0.15, -0.1) is 0 Å². The minimum absolute atomic E-state index is 0.127. The first kappa shape index (κ1) is 22.0. The number of carbonyl (C=O) groups is 4. The minimum Gasteiger partial charge on any atom is -0.480 e. The molecule has 11 nitrogen and oxygen atoms in total. The van der Waals surface area contributed by atoms with Gasteiger partial charge in [-0.3, -0.25) is 29.9 Å². The van der Waals surface area contributed by atoms with E-state index in [0.717, 1.165) is 9.80 Å². The van der Waals surface area contributed by atoms with Crippen LogP contribution in [0.25, 0.3) is 0 Å². The predicted molar refractivity (Wildman–Crippen MR) is 90.9 cm³/mol. The Morgan fingerprint density at radius 3 is 1.70 bits per heavy atom. The molecule has 0 amide bonds. The van der Waals surface area contributed by atoms with Crippen molar-refractivity contribution in [1.82, 2.24) is 9.80 Å². The molecule has 6 N–H and O–H groups in total. The molecular weight excluding hydrogens is 362 g/mol. The van der Waals surface area contributed by atoms with Gasteiger partial charge in [0, 0.05) is 13.1 Å². The van der Waals surface area contributed by atoms with Crippen molar-refractivity contribution in [2.45, 2.75) is 5.66 Å². The third-order valence-corrected chi connectivity index (χ3v) is 3.77. The molecule has 1 unspecified atom stereocenters. The molecule has 0 aliphatic carbocycles. The van der Waals surface area contributed by atoms with Crippen LogP contribution in [-0.4, -0.2) is 86.8 Å². The highest BCUT2D eigenvalue weighted by molar-refractivity contribution is 5.81. The van der Waals surface area contributed by atoms with E-state index in [9.17, 15) is 24.3 Å². The zero-order chi connectivity index (χ0) is 20.6. The summed E-state index contributed by atoms with van der Waals surface area (Å²) in [5.74, 6) is -5.40. The molecule has 0 heterocycles. The normalized spacial score (nSPS) is 13.3. The van der Waals surface area contributed by atoms with Gasteiger partial charge >= 0.3 is 23.9 Å². The summed E-state index contributed by atoms with van der Waals surface area (Å²) in [7, 11) is 0. The van der Waals surface area contributed by atoms with Gasteiger partial charge in [-0.1, -0.05) is 30.3 Å². The van der Waals surface area contributed by atoms with Gasteiger partial charge in [0.2, 0.25) is 0 Å². The Bertz CT molecular complexity index is 680. The fourth-order valence-corrected chi connectivity index (χ4v) is 2.54. The van der Waals surface area contributed by atoms with Crippen LogP contribution in [0.2, 0.25) is 0 Å². The van der Waals surface area contributed by atoms with Crippen LogP contribution in [-0.2, 0) is 24.8 Å². The van der Waals surface area contributed by atoms with Gasteiger partial charge in [-0.25, -0.2) is 4.79 Å². The average molecular weight is 383 g/mol. The molecule has 1 aromatic rings. The molecule has 148 valence electrons. The summed E-state index contributed by atoms with van der Waals surface area (Å²) in [6.45, 7) is -2.46. The van der Waals surface area contributed by atoms with Crippen LogP contribution in [0.15, 0.2) is 30.3 Å². The maximum absolute atomic E-state index is 11.9. The summed E-state index contributed by atoms with van der Waals surface area (Å²) in [4.78, 5) is 46.8. The van der Waals surface area contributed by atoms with E-state index >= 15 is 0 Å². The smallest absolute Gasteiger partial charge is 0.343 e. The number of benzene rings is 1. The number of aliphatic carboxylic acids is 4. The van der Waals surface area contributed by atoms with Crippen molar-refractivity contribution < 1.29 is 39.6 Å². The molecule has 1 atom stereocenters. The van der Waals surface area contributed by atoms with Gasteiger partial charge in [0.05, 0.1) is 19.6 Å². The van der Waals surface area contributed by atoms with Crippen molar-refractivity contribution in [3.8, 4) is 0 Å². The highest BCUT2D eigenvalue weighted by atomic mass is 16.4. The number of carboxylic acids is 4. The van der Waals surface area contributed by atoms with Crippen molar-refractivity contribution in [1.29, 1.82) is 0 Å². The van der Waals surface area contributed by atoms with E-state index in [1.807, 2.05) is 0 Å². The zero-order valence-electron chi connectivity index (χ0n) is 14.3. The molecule has 1 aromatic carbocycles. The molecule has 0 bridgehead atoms. The molecule has 0 saturated carbocycles. The molecule has 0 fully saturated rings. The number of hydrogen-bond donors (Lipinski definition) is 5. The molecule has 0 saturated heterocycles. The summed E-state index contributed by atoms with van der Waals surface area (Å²) >= 11 is 0. The van der Waals surface area contributed by atoms with Gasteiger partial charge in [-0.05, 0) is 5.56 Å². The van der Waals surface area contributed by atoms with E-state index < -0.39 is 49.2 Å². The first-order chi connectivity index (χ1) is 12.6. The fraction of sp³-hybridized carbons (Fsp3) is 0.375. The largest absolute Gasteiger partial charge is 0.480 e. The zero-order valence-corrected chi connectivity index (χ0v) is 14.3. The number of rotatable bonds is 12. The maximum atomic E-state index is 11.9. The van der Waals surface area contributed by atoms with Gasteiger partial charge in [0.25, 0.3) is 0 Å². The number of hydrogen-bond acceptors (Lipinski definition) is 7. The second-order valence-corrected chi connectivity index (χ2v) is 5.75. The van der Waals surface area contributed by atoms with E-state index in [1.54, 1.807) is 18.2 Å². The molecule has 0 aromatic heterocycles. The minimum atomic E-state index is -2.20. The van der Waals surface area contributed by atoms with Crippen molar-refractivity contribution in [3.63, 3.8) is 0 Å². The predicted octanol–water partition coefficient (Wildman–Crippen LogP) is -1.26. The lowest BCUT2D eigenvalue weighted by Gasteiger charge is -2.37. The maximum Gasteiger partial charge on any atom is 0.343 e. The molecular formula is C16H21N3O8. The molecule has 27 heavy (non-hydrogen) atoms. The third-order valence-electron chi connectivity index (χ3n) is 3.77. The van der Waals surface area contributed by atoms with Crippen LogP contribution >= 0.6 is 0 Å². The number of carboxylic acid groups (broad SMARTS) is 4. The van der Waals surface area contributed by atoms with Crippen molar-refractivity contribution in [2.24, 2.45) is 5.73 Å². The Labute approximate surface area is 154 Å². The first-order valence-corrected chi connectivity index (χ1v) is 7.78. The molecule has 0 aliphatic rings. The number of nitrogens with zero attached hydrogens (tertiary/aromatic N) is 2. The van der Waals surface area contributed by atoms with Crippen LogP contribution in [0.1, 0.15) is 5.56 Å². The second kappa shape index (κ2) is 9.62. The number of nitrogens with two attached hydrogens (primary N) is 1. The molecule has 0 aliphatic heterocycles. The summed E-state index contributed by atoms with van der Waals surface area (Å²) in [5.41, 5.74) is 3.99. The summed E-state index contributed by atoms with van der Waals surface area (Å²) in [6.07, 6.45) is 0. The van der Waals surface area contributed by atoms with Crippen molar-refractivity contribution in [2.75, 3.05) is 32.7 Å². The van der Waals surface area contributed by atoms with Crippen LogP contribution in [0, 0.1) is 0 Å². The Kier molecular flexibility index (Phi) is 7.84. The van der Waals surface area contributed by atoms with Gasteiger partial charge in [0.1, 0.15) is 0 Å². The van der Waals surface area contributed by atoms with E-state index in [2.05, 4.69) is 0 Å². The Hall–Kier alpha value is -3.02. The van der Waals surface area contributed by atoms with E-state index in [-0.39, 0.29) is 18.7 Å². The Morgan fingerprint density at radius 1 is 0.815 bits per heavy atom. The fourth-order valence-electron chi connectivity index (χ4n) is 2.54. The van der Waals surface area contributed by atoms with E-state index in [0.29, 0.717) is 0 Å². The Morgan fingerprint density at radius 2 is 1.30 bits per heavy atom. The lowest BCUT2D eigenvalue weighted by Crippen LogP contribution is -2.61. The second-order valence-electron chi connectivity index (χ2n) is 5.75. The monoisotopic (exact) mass is 383 g/mol. The quantitative estimate of drug-likeness (QED) is 0.272. The molecule has 0 radical (unpaired) electrons. The average Bonchev–Trinajstić information content (AvgIpc) is 2.56. The van der Waals surface area contributed by atoms with E-state index in [1.165, 1.54) is 12.1 Å². The van der Waals surface area contributed by atoms with Crippen LogP contribution < -0.4 is 5.73 Å². The molecule has 0 spiro atoms. The summed E-state index contributed by atoms with van der Waals surface area (Å²) in [5, 5.41) is 36.5. The van der Waals surface area contributed by atoms with Crippen molar-refractivity contribution in [3.05, 3.63) is 35.9 Å². The third kappa shape index (κ3) is 6.33. The van der Waals surface area contributed by atoms with Crippen LogP contribution in [0.3, 0.4) is 0 Å². The highest BCUT2D eigenvalue weighted by Gasteiger charge is 2.43. The lowest BCUT2D eigenvalue weighted by molar-refractivity contribution is -0.156. The van der Waals surface area contributed by atoms with Crippen LogP contribution in [0.4, 0.5) is 0 Å². The first-order valence-electron chi connectivity index (χ1n) is 7.78. The lowest BCUT2D eigenvalue weighted by atomic mass is 9.98. The van der Waals surface area contributed by atoms with Gasteiger partial charge in [-0.2, -0.15) is 0 Å².